The number of nitrogens with zero attached hydrogens (tertiary/aromatic N) is 3. The van der Waals surface area contributed by atoms with E-state index in [0.29, 0.717) is 18.4 Å². The Hall–Kier alpha value is -2.09. The minimum absolute atomic E-state index is 0.00610. The number of pyridine rings is 1. The molecule has 3 rings (SSSR count). The fourth-order valence-corrected chi connectivity index (χ4v) is 3.15. The summed E-state index contributed by atoms with van der Waals surface area (Å²) in [5, 5.41) is 13.9. The number of aromatic nitrogens is 3. The molecule has 2 aromatic heterocycles. The molecule has 8 heteroatoms. The van der Waals surface area contributed by atoms with E-state index in [0.717, 1.165) is 11.3 Å². The van der Waals surface area contributed by atoms with Gasteiger partial charge in [-0.05, 0) is 38.3 Å². The molecule has 0 bridgehead atoms. The van der Waals surface area contributed by atoms with Gasteiger partial charge < -0.3 is 14.4 Å². The van der Waals surface area contributed by atoms with Gasteiger partial charge in [0.05, 0.1) is 12.7 Å². The van der Waals surface area contributed by atoms with Crippen molar-refractivity contribution in [2.75, 3.05) is 7.11 Å². The minimum Gasteiger partial charge on any atom is -0.480 e. The lowest BCUT2D eigenvalue weighted by molar-refractivity contribution is -0.198. The van der Waals surface area contributed by atoms with E-state index in [1.165, 1.54) is 7.11 Å². The van der Waals surface area contributed by atoms with Crippen LogP contribution in [0.3, 0.4) is 0 Å². The van der Waals surface area contributed by atoms with Crippen LogP contribution in [-0.2, 0) is 5.92 Å². The van der Waals surface area contributed by atoms with Gasteiger partial charge in [0.2, 0.25) is 11.7 Å². The summed E-state index contributed by atoms with van der Waals surface area (Å²) in [7, 11) is 1.43. The zero-order valence-corrected chi connectivity index (χ0v) is 13.8. The summed E-state index contributed by atoms with van der Waals surface area (Å²) in [6.07, 6.45) is 1.10. The van der Waals surface area contributed by atoms with Crippen LogP contribution in [-0.4, -0.2) is 32.9 Å². The summed E-state index contributed by atoms with van der Waals surface area (Å²) in [5.41, 5.74) is -0.286. The molecule has 0 aliphatic heterocycles. The smallest absolute Gasteiger partial charge is 0.352 e. The summed E-state index contributed by atoms with van der Waals surface area (Å²) in [6, 6.07) is 1.77. The second kappa shape index (κ2) is 5.77. The van der Waals surface area contributed by atoms with Crippen molar-refractivity contribution in [3.63, 3.8) is 0 Å². The zero-order chi connectivity index (χ0) is 17.5. The van der Waals surface area contributed by atoms with Crippen LogP contribution in [0.5, 0.6) is 5.88 Å². The molecule has 0 aromatic carbocycles. The van der Waals surface area contributed by atoms with E-state index in [9.17, 15) is 13.9 Å². The Kier molecular flexibility index (Phi) is 4.03. The first-order valence-corrected chi connectivity index (χ1v) is 7.75. The molecule has 24 heavy (non-hydrogen) atoms. The van der Waals surface area contributed by atoms with Crippen LogP contribution in [0.15, 0.2) is 10.6 Å². The molecule has 1 fully saturated rings. The Labute approximate surface area is 137 Å². The van der Waals surface area contributed by atoms with E-state index in [1.54, 1.807) is 19.9 Å². The molecule has 1 aliphatic rings. The van der Waals surface area contributed by atoms with E-state index in [1.807, 2.05) is 0 Å². The minimum atomic E-state index is -3.60. The van der Waals surface area contributed by atoms with Crippen molar-refractivity contribution < 1.29 is 23.1 Å². The van der Waals surface area contributed by atoms with Gasteiger partial charge in [0.25, 0.3) is 0 Å². The summed E-state index contributed by atoms with van der Waals surface area (Å²) in [6.45, 7) is 3.58. The van der Waals surface area contributed by atoms with Crippen LogP contribution in [0.2, 0.25) is 0 Å². The van der Waals surface area contributed by atoms with Crippen molar-refractivity contribution in [1.29, 1.82) is 0 Å². The highest BCUT2D eigenvalue weighted by atomic mass is 19.3. The number of alkyl halides is 2. The number of hydrogen-bond donors (Lipinski definition) is 1. The first-order chi connectivity index (χ1) is 11.3. The lowest BCUT2D eigenvalue weighted by atomic mass is 9.93. The number of rotatable bonds is 4. The zero-order valence-electron chi connectivity index (χ0n) is 13.8. The fraction of sp³-hybridized carbons (Fsp3) is 0.562. The van der Waals surface area contributed by atoms with Gasteiger partial charge in [-0.25, -0.2) is 4.98 Å². The Morgan fingerprint density at radius 2 is 1.92 bits per heavy atom. The van der Waals surface area contributed by atoms with E-state index in [-0.39, 0.29) is 24.5 Å². The predicted molar refractivity (Wildman–Crippen MR) is 80.9 cm³/mol. The van der Waals surface area contributed by atoms with Crippen LogP contribution in [0.25, 0.3) is 11.4 Å². The highest BCUT2D eigenvalue weighted by Gasteiger charge is 2.58. The van der Waals surface area contributed by atoms with Gasteiger partial charge in [0.1, 0.15) is 5.60 Å². The summed E-state index contributed by atoms with van der Waals surface area (Å²) in [4.78, 5) is 8.04. The SMILES string of the molecule is COc1nc(C)cc(C)c1-c1noc(C(F)(F)C2(O)CCCC2)n1. The van der Waals surface area contributed by atoms with Gasteiger partial charge in [0.15, 0.2) is 0 Å². The lowest BCUT2D eigenvalue weighted by Crippen LogP contribution is -2.43. The van der Waals surface area contributed by atoms with Crippen molar-refractivity contribution >= 4 is 0 Å². The van der Waals surface area contributed by atoms with E-state index >= 15 is 0 Å². The number of aliphatic hydroxyl groups is 1. The van der Waals surface area contributed by atoms with Crippen LogP contribution in [0, 0.1) is 13.8 Å². The Morgan fingerprint density at radius 1 is 1.25 bits per heavy atom. The normalized spacial score (nSPS) is 17.2. The number of methoxy groups -OCH3 is 1. The third kappa shape index (κ3) is 2.54. The van der Waals surface area contributed by atoms with Crippen LogP contribution in [0.4, 0.5) is 8.78 Å². The molecule has 1 saturated carbocycles. The number of hydrogen-bond acceptors (Lipinski definition) is 6. The maximum atomic E-state index is 14.6. The van der Waals surface area contributed by atoms with E-state index in [4.69, 9.17) is 9.26 Å². The molecule has 0 spiro atoms. The van der Waals surface area contributed by atoms with Crippen LogP contribution in [0.1, 0.15) is 42.8 Å². The molecule has 1 aliphatic carbocycles. The maximum absolute atomic E-state index is 14.6. The largest absolute Gasteiger partial charge is 0.480 e. The molecule has 0 unspecified atom stereocenters. The van der Waals surface area contributed by atoms with Gasteiger partial charge in [-0.1, -0.05) is 18.0 Å². The van der Waals surface area contributed by atoms with Crippen molar-refractivity contribution in [3.05, 3.63) is 23.2 Å². The number of halogens is 2. The average molecular weight is 339 g/mol. The van der Waals surface area contributed by atoms with Crippen LogP contribution < -0.4 is 4.74 Å². The maximum Gasteiger partial charge on any atom is 0.352 e. The van der Waals surface area contributed by atoms with Crippen LogP contribution >= 0.6 is 0 Å². The van der Waals surface area contributed by atoms with Gasteiger partial charge in [-0.15, -0.1) is 0 Å². The van der Waals surface area contributed by atoms with Gasteiger partial charge >= 0.3 is 11.8 Å². The van der Waals surface area contributed by atoms with Crippen molar-refractivity contribution in [3.8, 4) is 17.3 Å². The summed E-state index contributed by atoms with van der Waals surface area (Å²) in [5.74, 6) is -4.28. The first kappa shape index (κ1) is 16.8. The lowest BCUT2D eigenvalue weighted by Gasteiger charge is -2.28. The Balaban J connectivity index is 2.03. The summed E-state index contributed by atoms with van der Waals surface area (Å²) >= 11 is 0. The van der Waals surface area contributed by atoms with Gasteiger partial charge in [-0.2, -0.15) is 13.8 Å². The monoisotopic (exact) mass is 339 g/mol. The van der Waals surface area contributed by atoms with Gasteiger partial charge in [0, 0.05) is 5.69 Å². The molecule has 0 atom stereocenters. The topological polar surface area (TPSA) is 81.3 Å². The Bertz CT molecular complexity index is 755. The molecular formula is C16H19F2N3O3. The standard InChI is InChI=1S/C16H19F2N3O3/c1-9-8-10(2)19-13(23-3)11(9)12-20-14(24-21-12)16(17,18)15(22)6-4-5-7-15/h8,22H,4-7H2,1-3H3. The second-order valence-electron chi connectivity index (χ2n) is 6.20. The fourth-order valence-electron chi connectivity index (χ4n) is 3.15. The quantitative estimate of drug-likeness (QED) is 0.921. The number of ether oxygens (including phenoxy) is 1. The third-order valence-corrected chi connectivity index (χ3v) is 4.44. The van der Waals surface area contributed by atoms with Crippen molar-refractivity contribution in [2.24, 2.45) is 0 Å². The van der Waals surface area contributed by atoms with E-state index in [2.05, 4.69) is 15.1 Å². The highest BCUT2D eigenvalue weighted by Crippen LogP contribution is 2.48. The molecule has 1 N–H and O–H groups in total. The molecule has 0 radical (unpaired) electrons. The average Bonchev–Trinajstić information content (AvgIpc) is 3.16. The molecular weight excluding hydrogens is 320 g/mol. The first-order valence-electron chi connectivity index (χ1n) is 7.75. The number of aryl methyl sites for hydroxylation is 2. The van der Waals surface area contributed by atoms with Gasteiger partial charge in [-0.3, -0.25) is 0 Å². The molecule has 2 aromatic rings. The van der Waals surface area contributed by atoms with Crippen molar-refractivity contribution in [2.45, 2.75) is 51.1 Å². The Morgan fingerprint density at radius 3 is 2.54 bits per heavy atom. The molecule has 6 nitrogen and oxygen atoms in total. The summed E-state index contributed by atoms with van der Waals surface area (Å²) < 4.78 is 39.3. The predicted octanol–water partition coefficient (Wildman–Crippen LogP) is 3.15. The van der Waals surface area contributed by atoms with E-state index < -0.39 is 17.4 Å². The molecule has 2 heterocycles. The molecule has 0 amide bonds. The highest BCUT2D eigenvalue weighted by molar-refractivity contribution is 5.66. The van der Waals surface area contributed by atoms with Crippen molar-refractivity contribution in [1.82, 2.24) is 15.1 Å². The third-order valence-electron chi connectivity index (χ3n) is 4.44. The molecule has 130 valence electrons. The second-order valence-corrected chi connectivity index (χ2v) is 6.20. The molecule has 0 saturated heterocycles.